The maximum atomic E-state index is 12.0. The molecule has 11 heteroatoms. The molecule has 0 aliphatic rings. The van der Waals surface area contributed by atoms with Gasteiger partial charge in [0, 0.05) is 0 Å². The highest BCUT2D eigenvalue weighted by atomic mass is 16.6. The van der Waals surface area contributed by atoms with Crippen LogP contribution in [0.25, 0.3) is 0 Å². The standard InChI is InChI=1S/C13H13N5O6/c1-2-24-9-3-4-10(11(7-9)17(20)21)14-13(19)8-16-6-5-12(15-16)18(22)23/h3-7H,2,8H2,1H3,(H,14,19). The van der Waals surface area contributed by atoms with Crippen LogP contribution in [0.15, 0.2) is 30.5 Å². The Labute approximate surface area is 135 Å². The van der Waals surface area contributed by atoms with Gasteiger partial charge in [0.1, 0.15) is 18.0 Å². The molecule has 0 spiro atoms. The number of hydrogen-bond acceptors (Lipinski definition) is 7. The van der Waals surface area contributed by atoms with Crippen LogP contribution in [0.5, 0.6) is 5.75 Å². The zero-order valence-electron chi connectivity index (χ0n) is 12.5. The number of hydrogen-bond donors (Lipinski definition) is 1. The van der Waals surface area contributed by atoms with E-state index in [0.29, 0.717) is 12.4 Å². The fourth-order valence-electron chi connectivity index (χ4n) is 1.90. The smallest absolute Gasteiger partial charge is 0.389 e. The first-order chi connectivity index (χ1) is 11.4. The Kier molecular flexibility index (Phi) is 5.04. The summed E-state index contributed by atoms with van der Waals surface area (Å²) in [4.78, 5) is 32.3. The van der Waals surface area contributed by atoms with Gasteiger partial charge in [0.05, 0.1) is 35.0 Å². The van der Waals surface area contributed by atoms with Gasteiger partial charge in [-0.25, -0.2) is 0 Å². The lowest BCUT2D eigenvalue weighted by Gasteiger charge is -2.07. The summed E-state index contributed by atoms with van der Waals surface area (Å²) in [5, 5.41) is 27.6. The summed E-state index contributed by atoms with van der Waals surface area (Å²) < 4.78 is 6.25. The second-order valence-electron chi connectivity index (χ2n) is 4.55. The molecule has 0 aliphatic carbocycles. The molecule has 2 rings (SSSR count). The van der Waals surface area contributed by atoms with Crippen molar-refractivity contribution < 1.29 is 19.4 Å². The first kappa shape index (κ1) is 16.9. The molecular weight excluding hydrogens is 322 g/mol. The van der Waals surface area contributed by atoms with Crippen molar-refractivity contribution in [3.63, 3.8) is 0 Å². The predicted molar refractivity (Wildman–Crippen MR) is 81.8 cm³/mol. The monoisotopic (exact) mass is 335 g/mol. The number of carbonyl (C=O) groups excluding carboxylic acids is 1. The van der Waals surface area contributed by atoms with Crippen LogP contribution in [-0.4, -0.2) is 32.1 Å². The molecule has 1 aromatic carbocycles. The fourth-order valence-corrected chi connectivity index (χ4v) is 1.90. The van der Waals surface area contributed by atoms with Crippen LogP contribution >= 0.6 is 0 Å². The van der Waals surface area contributed by atoms with Crippen LogP contribution in [0.2, 0.25) is 0 Å². The molecule has 0 saturated heterocycles. The highest BCUT2D eigenvalue weighted by Crippen LogP contribution is 2.29. The number of benzene rings is 1. The van der Waals surface area contributed by atoms with E-state index in [1.807, 2.05) is 0 Å². The minimum atomic E-state index is -0.689. The molecule has 1 N–H and O–H groups in total. The summed E-state index contributed by atoms with van der Waals surface area (Å²) >= 11 is 0. The minimum Gasteiger partial charge on any atom is -0.494 e. The summed E-state index contributed by atoms with van der Waals surface area (Å²) in [6, 6.07) is 5.20. The maximum absolute atomic E-state index is 12.0. The molecule has 0 saturated carbocycles. The van der Waals surface area contributed by atoms with Crippen molar-refractivity contribution in [2.75, 3.05) is 11.9 Å². The normalized spacial score (nSPS) is 10.2. The summed E-state index contributed by atoms with van der Waals surface area (Å²) in [5.74, 6) is -0.694. The minimum absolute atomic E-state index is 0.00453. The third-order valence-corrected chi connectivity index (χ3v) is 2.87. The topological polar surface area (TPSA) is 142 Å². The van der Waals surface area contributed by atoms with E-state index in [2.05, 4.69) is 10.4 Å². The van der Waals surface area contributed by atoms with Crippen molar-refractivity contribution in [3.8, 4) is 5.75 Å². The number of nitro benzene ring substituents is 1. The van der Waals surface area contributed by atoms with Crippen LogP contribution in [0.1, 0.15) is 6.92 Å². The Hall–Kier alpha value is -3.50. The zero-order chi connectivity index (χ0) is 17.7. The molecule has 1 amide bonds. The van der Waals surface area contributed by atoms with Crippen LogP contribution in [-0.2, 0) is 11.3 Å². The first-order valence-electron chi connectivity index (χ1n) is 6.79. The van der Waals surface area contributed by atoms with Crippen molar-refractivity contribution in [1.82, 2.24) is 9.78 Å². The number of amides is 1. The molecule has 24 heavy (non-hydrogen) atoms. The average Bonchev–Trinajstić information content (AvgIpc) is 2.97. The van der Waals surface area contributed by atoms with Gasteiger partial charge in [0.15, 0.2) is 0 Å². The number of rotatable bonds is 7. The van der Waals surface area contributed by atoms with Gasteiger partial charge in [-0.1, -0.05) is 0 Å². The third kappa shape index (κ3) is 4.03. The molecule has 1 heterocycles. The zero-order valence-corrected chi connectivity index (χ0v) is 12.5. The SMILES string of the molecule is CCOc1ccc(NC(=O)Cn2ccc([N+](=O)[O-])n2)c([N+](=O)[O-])c1. The van der Waals surface area contributed by atoms with Gasteiger partial charge >= 0.3 is 5.82 Å². The van der Waals surface area contributed by atoms with Gasteiger partial charge in [0.25, 0.3) is 5.69 Å². The lowest BCUT2D eigenvalue weighted by Crippen LogP contribution is -2.19. The van der Waals surface area contributed by atoms with E-state index >= 15 is 0 Å². The summed E-state index contributed by atoms with van der Waals surface area (Å²) in [7, 11) is 0. The van der Waals surface area contributed by atoms with Crippen LogP contribution in [0.3, 0.4) is 0 Å². The van der Waals surface area contributed by atoms with Crippen LogP contribution in [0.4, 0.5) is 17.2 Å². The number of nitro groups is 2. The molecule has 2 aromatic rings. The van der Waals surface area contributed by atoms with Gasteiger partial charge in [-0.3, -0.25) is 14.9 Å². The maximum Gasteiger partial charge on any atom is 0.389 e. The van der Waals surface area contributed by atoms with Gasteiger partial charge in [0.2, 0.25) is 5.91 Å². The molecule has 0 radical (unpaired) electrons. The van der Waals surface area contributed by atoms with Gasteiger partial charge in [-0.05, 0) is 24.0 Å². The van der Waals surface area contributed by atoms with E-state index in [4.69, 9.17) is 4.74 Å². The molecule has 1 aromatic heterocycles. The highest BCUT2D eigenvalue weighted by molar-refractivity contribution is 5.93. The lowest BCUT2D eigenvalue weighted by atomic mass is 10.2. The molecule has 0 bridgehead atoms. The number of nitrogens with zero attached hydrogens (tertiary/aromatic N) is 4. The molecule has 0 aliphatic heterocycles. The van der Waals surface area contributed by atoms with Crippen LogP contribution in [0, 0.1) is 20.2 Å². The number of anilines is 1. The molecule has 11 nitrogen and oxygen atoms in total. The summed E-state index contributed by atoms with van der Waals surface area (Å²) in [6.07, 6.45) is 1.27. The van der Waals surface area contributed by atoms with Crippen molar-refractivity contribution in [1.29, 1.82) is 0 Å². The largest absolute Gasteiger partial charge is 0.494 e. The molecule has 126 valence electrons. The van der Waals surface area contributed by atoms with E-state index in [-0.39, 0.29) is 17.9 Å². The van der Waals surface area contributed by atoms with Crippen molar-refractivity contribution >= 4 is 23.1 Å². The van der Waals surface area contributed by atoms with Gasteiger partial charge in [-0.15, -0.1) is 0 Å². The molecule has 0 atom stereocenters. The quantitative estimate of drug-likeness (QED) is 0.599. The van der Waals surface area contributed by atoms with E-state index in [9.17, 15) is 25.0 Å². The Balaban J connectivity index is 2.12. The molecule has 0 unspecified atom stereocenters. The first-order valence-corrected chi connectivity index (χ1v) is 6.79. The van der Waals surface area contributed by atoms with Crippen molar-refractivity contribution in [2.45, 2.75) is 13.5 Å². The Morgan fingerprint density at radius 2 is 2.04 bits per heavy atom. The molecule has 0 fully saturated rings. The second kappa shape index (κ2) is 7.17. The molecular formula is C13H13N5O6. The summed E-state index contributed by atoms with van der Waals surface area (Å²) in [5.41, 5.74) is -0.323. The van der Waals surface area contributed by atoms with E-state index in [0.717, 1.165) is 10.7 Å². The number of nitrogens with one attached hydrogen (secondary N) is 1. The number of ether oxygens (including phenoxy) is 1. The van der Waals surface area contributed by atoms with Gasteiger partial charge in [-0.2, -0.15) is 4.68 Å². The third-order valence-electron chi connectivity index (χ3n) is 2.87. The lowest BCUT2D eigenvalue weighted by molar-refractivity contribution is -0.389. The Morgan fingerprint density at radius 3 is 2.62 bits per heavy atom. The van der Waals surface area contributed by atoms with Gasteiger partial charge < -0.3 is 20.2 Å². The highest BCUT2D eigenvalue weighted by Gasteiger charge is 2.19. The Morgan fingerprint density at radius 1 is 1.29 bits per heavy atom. The predicted octanol–water partition coefficient (Wildman–Crippen LogP) is 1.74. The average molecular weight is 335 g/mol. The van der Waals surface area contributed by atoms with Crippen LogP contribution < -0.4 is 10.1 Å². The van der Waals surface area contributed by atoms with E-state index in [1.165, 1.54) is 24.4 Å². The van der Waals surface area contributed by atoms with E-state index < -0.39 is 21.6 Å². The van der Waals surface area contributed by atoms with E-state index in [1.54, 1.807) is 6.92 Å². The number of carbonyl (C=O) groups is 1. The van der Waals surface area contributed by atoms with Crippen molar-refractivity contribution in [3.05, 3.63) is 50.7 Å². The second-order valence-corrected chi connectivity index (χ2v) is 4.55. The van der Waals surface area contributed by atoms with Crippen molar-refractivity contribution in [2.24, 2.45) is 0 Å². The summed E-state index contributed by atoms with van der Waals surface area (Å²) in [6.45, 7) is 1.77. The number of aromatic nitrogens is 2. The Bertz CT molecular complexity index is 787. The fraction of sp³-hybridized carbons (Fsp3) is 0.231.